The van der Waals surface area contributed by atoms with Gasteiger partial charge in [0.25, 0.3) is 5.91 Å². The highest BCUT2D eigenvalue weighted by Crippen LogP contribution is 2.35. The Morgan fingerprint density at radius 1 is 1.17 bits per heavy atom. The molecule has 150 valence electrons. The molecular formula is C22H15Cl2N3O2S. The minimum Gasteiger partial charge on any atom is -0.457 e. The van der Waals surface area contributed by atoms with E-state index in [9.17, 15) is 4.79 Å². The summed E-state index contributed by atoms with van der Waals surface area (Å²) >= 11 is 13.3. The van der Waals surface area contributed by atoms with Crippen LogP contribution in [0.2, 0.25) is 10.0 Å². The number of furan rings is 1. The molecule has 0 saturated carbocycles. The van der Waals surface area contributed by atoms with Crippen LogP contribution in [-0.4, -0.2) is 27.5 Å². The maximum Gasteiger partial charge on any atom is 0.267 e. The Morgan fingerprint density at radius 2 is 2.03 bits per heavy atom. The van der Waals surface area contributed by atoms with Crippen molar-refractivity contribution in [1.82, 2.24) is 9.88 Å². The highest BCUT2D eigenvalue weighted by atomic mass is 35.5. The van der Waals surface area contributed by atoms with Crippen LogP contribution in [0.15, 0.2) is 81.7 Å². The minimum absolute atomic E-state index is 0.165. The van der Waals surface area contributed by atoms with E-state index in [1.165, 1.54) is 11.8 Å². The van der Waals surface area contributed by atoms with E-state index in [1.807, 2.05) is 24.3 Å². The number of hydrogen-bond acceptors (Lipinski definition) is 5. The second-order valence-corrected chi connectivity index (χ2v) is 8.05. The fraction of sp³-hybridized carbons (Fsp3) is 0.0455. The first-order valence-electron chi connectivity index (χ1n) is 8.92. The molecule has 3 aromatic rings. The molecule has 1 aliphatic heterocycles. The first-order chi connectivity index (χ1) is 14.5. The van der Waals surface area contributed by atoms with Gasteiger partial charge in [0.2, 0.25) is 0 Å². The van der Waals surface area contributed by atoms with Crippen molar-refractivity contribution in [3.05, 3.63) is 88.1 Å². The first-order valence-corrected chi connectivity index (χ1v) is 10.5. The molecule has 5 nitrogen and oxygen atoms in total. The third-order valence-corrected chi connectivity index (χ3v) is 5.91. The van der Waals surface area contributed by atoms with Crippen LogP contribution in [0.25, 0.3) is 17.4 Å². The molecule has 0 spiro atoms. The molecule has 1 fully saturated rings. The van der Waals surface area contributed by atoms with Crippen molar-refractivity contribution in [3.8, 4) is 11.3 Å². The summed E-state index contributed by atoms with van der Waals surface area (Å²) in [6.07, 6.45) is 5.01. The molecule has 1 saturated heterocycles. The summed E-state index contributed by atoms with van der Waals surface area (Å²) in [6, 6.07) is 14.3. The van der Waals surface area contributed by atoms with Crippen molar-refractivity contribution in [3.63, 3.8) is 0 Å². The molecule has 0 radical (unpaired) electrons. The fourth-order valence-corrected chi connectivity index (χ4v) is 4.04. The van der Waals surface area contributed by atoms with Crippen LogP contribution in [-0.2, 0) is 4.79 Å². The lowest BCUT2D eigenvalue weighted by molar-refractivity contribution is -0.121. The number of aliphatic imine (C=N–C) groups is 1. The van der Waals surface area contributed by atoms with Crippen molar-refractivity contribution in [2.75, 3.05) is 6.54 Å². The van der Waals surface area contributed by atoms with Crippen molar-refractivity contribution in [2.45, 2.75) is 0 Å². The Hall–Kier alpha value is -2.80. The van der Waals surface area contributed by atoms with Gasteiger partial charge in [-0.2, -0.15) is 0 Å². The summed E-state index contributed by atoms with van der Waals surface area (Å²) in [7, 11) is 0. The number of amides is 1. The van der Waals surface area contributed by atoms with E-state index in [4.69, 9.17) is 27.6 Å². The number of hydrogen-bond donors (Lipinski definition) is 0. The largest absolute Gasteiger partial charge is 0.457 e. The lowest BCUT2D eigenvalue weighted by Crippen LogP contribution is -2.29. The van der Waals surface area contributed by atoms with Gasteiger partial charge >= 0.3 is 0 Å². The number of amidine groups is 1. The summed E-state index contributed by atoms with van der Waals surface area (Å²) < 4.78 is 5.89. The van der Waals surface area contributed by atoms with Crippen molar-refractivity contribution < 1.29 is 9.21 Å². The summed E-state index contributed by atoms with van der Waals surface area (Å²) in [5.74, 6) is 1.54. The van der Waals surface area contributed by atoms with E-state index in [-0.39, 0.29) is 5.91 Å². The number of thioether (sulfide) groups is 1. The topological polar surface area (TPSA) is 58.7 Å². The molecule has 30 heavy (non-hydrogen) atoms. The predicted molar refractivity (Wildman–Crippen MR) is 123 cm³/mol. The molecule has 1 aromatic carbocycles. The highest BCUT2D eigenvalue weighted by molar-refractivity contribution is 8.18. The third-order valence-electron chi connectivity index (χ3n) is 4.16. The predicted octanol–water partition coefficient (Wildman–Crippen LogP) is 6.44. The van der Waals surface area contributed by atoms with Gasteiger partial charge in [-0.3, -0.25) is 9.69 Å². The SMILES string of the molecule is C=CCN1C(=O)/C(=C\c2ccc(-c3ccc(Cl)c(Cl)c3)o2)S/C1=N/c1ccccn1. The smallest absolute Gasteiger partial charge is 0.267 e. The monoisotopic (exact) mass is 455 g/mol. The number of pyridine rings is 1. The molecule has 0 N–H and O–H groups in total. The standard InChI is InChI=1S/C22H15Cl2N3O2S/c1-2-11-27-21(28)19(30-22(27)26-20-5-3-4-10-25-20)13-15-7-9-18(29-15)14-6-8-16(23)17(24)12-14/h2-10,12-13H,1,11H2/b19-13+,26-22+. The van der Waals surface area contributed by atoms with Crippen LogP contribution in [0, 0.1) is 0 Å². The first kappa shape index (κ1) is 20.5. The van der Waals surface area contributed by atoms with E-state index >= 15 is 0 Å². The van der Waals surface area contributed by atoms with Gasteiger partial charge in [-0.15, -0.1) is 6.58 Å². The second-order valence-electron chi connectivity index (χ2n) is 6.23. The Balaban J connectivity index is 1.63. The third kappa shape index (κ3) is 4.36. The molecule has 0 atom stereocenters. The molecule has 1 aliphatic rings. The zero-order chi connectivity index (χ0) is 21.1. The Morgan fingerprint density at radius 3 is 2.77 bits per heavy atom. The normalized spacial score (nSPS) is 16.6. The van der Waals surface area contributed by atoms with Gasteiger partial charge < -0.3 is 4.42 Å². The average molecular weight is 456 g/mol. The lowest BCUT2D eigenvalue weighted by atomic mass is 10.2. The summed E-state index contributed by atoms with van der Waals surface area (Å²) in [6.45, 7) is 4.08. The van der Waals surface area contributed by atoms with Crippen LogP contribution in [0.5, 0.6) is 0 Å². The van der Waals surface area contributed by atoms with E-state index in [0.29, 0.717) is 44.0 Å². The quantitative estimate of drug-likeness (QED) is 0.328. The minimum atomic E-state index is -0.165. The van der Waals surface area contributed by atoms with Crippen molar-refractivity contribution in [2.24, 2.45) is 4.99 Å². The second kappa shape index (κ2) is 8.92. The van der Waals surface area contributed by atoms with Gasteiger partial charge in [0.15, 0.2) is 11.0 Å². The number of nitrogens with zero attached hydrogens (tertiary/aromatic N) is 3. The Labute approximate surface area is 187 Å². The zero-order valence-corrected chi connectivity index (χ0v) is 17.9. The number of benzene rings is 1. The van der Waals surface area contributed by atoms with Gasteiger partial charge in [0, 0.05) is 24.4 Å². The zero-order valence-electron chi connectivity index (χ0n) is 15.6. The number of rotatable bonds is 5. The Bertz CT molecular complexity index is 1170. The summed E-state index contributed by atoms with van der Waals surface area (Å²) in [4.78, 5) is 23.6. The van der Waals surface area contributed by atoms with E-state index in [1.54, 1.807) is 47.5 Å². The molecule has 1 amide bonds. The Kier molecular flexibility index (Phi) is 6.08. The fourth-order valence-electron chi connectivity index (χ4n) is 2.76. The van der Waals surface area contributed by atoms with Gasteiger partial charge in [-0.1, -0.05) is 35.3 Å². The van der Waals surface area contributed by atoms with Crippen LogP contribution in [0.3, 0.4) is 0 Å². The van der Waals surface area contributed by atoms with Crippen LogP contribution in [0.1, 0.15) is 5.76 Å². The number of aromatic nitrogens is 1. The maximum atomic E-state index is 12.9. The molecule has 0 unspecified atom stereocenters. The van der Waals surface area contributed by atoms with Crippen LogP contribution < -0.4 is 0 Å². The maximum absolute atomic E-state index is 12.9. The van der Waals surface area contributed by atoms with Crippen LogP contribution in [0.4, 0.5) is 5.82 Å². The van der Waals surface area contributed by atoms with Gasteiger partial charge in [0.1, 0.15) is 11.5 Å². The molecule has 4 rings (SSSR count). The van der Waals surface area contributed by atoms with E-state index in [0.717, 1.165) is 5.56 Å². The molecular weight excluding hydrogens is 441 g/mol. The van der Waals surface area contributed by atoms with Gasteiger partial charge in [-0.05, 0) is 54.2 Å². The summed E-state index contributed by atoms with van der Waals surface area (Å²) in [5.41, 5.74) is 0.796. The van der Waals surface area contributed by atoms with Crippen molar-refractivity contribution >= 4 is 57.9 Å². The molecule has 8 heteroatoms. The number of carbonyl (C=O) groups excluding carboxylic acids is 1. The molecule has 3 heterocycles. The van der Waals surface area contributed by atoms with Gasteiger partial charge in [0.05, 0.1) is 15.0 Å². The number of carbonyl (C=O) groups is 1. The van der Waals surface area contributed by atoms with Crippen molar-refractivity contribution in [1.29, 1.82) is 0 Å². The van der Waals surface area contributed by atoms with Gasteiger partial charge in [-0.25, -0.2) is 9.98 Å². The highest BCUT2D eigenvalue weighted by Gasteiger charge is 2.33. The number of halogens is 2. The molecule has 0 aliphatic carbocycles. The molecule has 2 aromatic heterocycles. The van der Waals surface area contributed by atoms with Crippen LogP contribution >= 0.6 is 35.0 Å². The average Bonchev–Trinajstić information content (AvgIpc) is 3.32. The van der Waals surface area contributed by atoms with E-state index < -0.39 is 0 Å². The van der Waals surface area contributed by atoms with E-state index in [2.05, 4.69) is 16.6 Å². The summed E-state index contributed by atoms with van der Waals surface area (Å²) in [5, 5.41) is 1.47. The lowest BCUT2D eigenvalue weighted by Gasteiger charge is -2.12. The molecule has 0 bridgehead atoms.